The number of amides is 1. The smallest absolute Gasteiger partial charge is 0.341 e. The van der Waals surface area contributed by atoms with Crippen LogP contribution in [-0.2, 0) is 28.9 Å². The second-order valence-corrected chi connectivity index (χ2v) is 10.8. The van der Waals surface area contributed by atoms with Crippen molar-refractivity contribution in [2.24, 2.45) is 0 Å². The van der Waals surface area contributed by atoms with Gasteiger partial charge in [-0.25, -0.2) is 4.79 Å². The van der Waals surface area contributed by atoms with Crippen molar-refractivity contribution in [2.75, 3.05) is 18.2 Å². The Morgan fingerprint density at radius 3 is 2.64 bits per heavy atom. The highest BCUT2D eigenvalue weighted by atomic mass is 32.2. The van der Waals surface area contributed by atoms with Crippen LogP contribution >= 0.6 is 23.1 Å². The average Bonchev–Trinajstić information content (AvgIpc) is 3.36. The molecule has 3 aromatic rings. The van der Waals surface area contributed by atoms with Crippen LogP contribution in [0.25, 0.3) is 0 Å². The summed E-state index contributed by atoms with van der Waals surface area (Å²) >= 11 is 2.81. The number of aromatic nitrogens is 3. The van der Waals surface area contributed by atoms with Gasteiger partial charge in [-0.1, -0.05) is 35.9 Å². The van der Waals surface area contributed by atoms with E-state index in [1.807, 2.05) is 49.6 Å². The number of benzene rings is 1. The fourth-order valence-corrected chi connectivity index (χ4v) is 6.42. The molecule has 1 atom stereocenters. The lowest BCUT2D eigenvalue weighted by Gasteiger charge is -2.15. The summed E-state index contributed by atoms with van der Waals surface area (Å²) in [5, 5.41) is 12.8. The molecule has 1 N–H and O–H groups in total. The second kappa shape index (κ2) is 11.9. The van der Waals surface area contributed by atoms with Crippen LogP contribution in [0.1, 0.15) is 71.4 Å². The minimum Gasteiger partial charge on any atom is -0.483 e. The van der Waals surface area contributed by atoms with Gasteiger partial charge in [0.15, 0.2) is 17.1 Å². The summed E-state index contributed by atoms with van der Waals surface area (Å²) in [6.07, 6.45) is 4.75. The van der Waals surface area contributed by atoms with E-state index in [4.69, 9.17) is 9.47 Å². The number of rotatable bonds is 9. The van der Waals surface area contributed by atoms with E-state index in [9.17, 15) is 9.59 Å². The number of thioether (sulfide) groups is 1. The predicted molar refractivity (Wildman–Crippen MR) is 142 cm³/mol. The number of thiophene rings is 1. The van der Waals surface area contributed by atoms with Crippen LogP contribution in [0.3, 0.4) is 0 Å². The van der Waals surface area contributed by atoms with Gasteiger partial charge in [0.2, 0.25) is 5.91 Å². The molecule has 192 valence electrons. The minimum atomic E-state index is -0.393. The van der Waals surface area contributed by atoms with Crippen LogP contribution in [0.15, 0.2) is 29.4 Å². The highest BCUT2D eigenvalue weighted by Crippen LogP contribution is 2.38. The molecular weight excluding hydrogens is 496 g/mol. The monoisotopic (exact) mass is 528 g/mol. The van der Waals surface area contributed by atoms with Crippen LogP contribution in [0.2, 0.25) is 0 Å². The Morgan fingerprint density at radius 2 is 1.92 bits per heavy atom. The third-order valence-corrected chi connectivity index (χ3v) is 8.33. The first-order chi connectivity index (χ1) is 17.4. The lowest BCUT2D eigenvalue weighted by molar-refractivity contribution is -0.113. The van der Waals surface area contributed by atoms with Crippen molar-refractivity contribution in [1.29, 1.82) is 0 Å². The third-order valence-electron chi connectivity index (χ3n) is 6.16. The molecule has 0 spiro atoms. The van der Waals surface area contributed by atoms with Crippen LogP contribution in [-0.4, -0.2) is 39.5 Å². The number of anilines is 1. The van der Waals surface area contributed by atoms with Gasteiger partial charge in [-0.2, -0.15) is 0 Å². The van der Waals surface area contributed by atoms with E-state index in [2.05, 4.69) is 15.5 Å². The molecule has 1 unspecified atom stereocenters. The number of carbonyl (C=O) groups excluding carboxylic acids is 2. The van der Waals surface area contributed by atoms with Gasteiger partial charge in [-0.15, -0.1) is 21.5 Å². The Morgan fingerprint density at radius 1 is 1.17 bits per heavy atom. The third kappa shape index (κ3) is 5.92. The zero-order chi connectivity index (χ0) is 25.7. The van der Waals surface area contributed by atoms with Crippen molar-refractivity contribution >= 4 is 40.0 Å². The number of aryl methyl sites for hydroxylation is 2. The number of ether oxygens (including phenoxy) is 2. The maximum absolute atomic E-state index is 12.9. The van der Waals surface area contributed by atoms with Gasteiger partial charge in [-0.3, -0.25) is 4.79 Å². The van der Waals surface area contributed by atoms with Gasteiger partial charge in [-0.05, 0) is 64.2 Å². The lowest BCUT2D eigenvalue weighted by atomic mass is 10.1. The molecule has 0 bridgehead atoms. The van der Waals surface area contributed by atoms with Crippen molar-refractivity contribution in [3.05, 3.63) is 51.7 Å². The summed E-state index contributed by atoms with van der Waals surface area (Å²) in [4.78, 5) is 26.6. The largest absolute Gasteiger partial charge is 0.483 e. The number of carbonyl (C=O) groups is 2. The number of methoxy groups -OCH3 is 1. The van der Waals surface area contributed by atoms with Crippen LogP contribution < -0.4 is 10.1 Å². The molecule has 0 saturated heterocycles. The van der Waals surface area contributed by atoms with E-state index < -0.39 is 5.97 Å². The number of nitrogens with zero attached hydrogens (tertiary/aromatic N) is 3. The second-order valence-electron chi connectivity index (χ2n) is 8.76. The van der Waals surface area contributed by atoms with Crippen molar-refractivity contribution in [3.63, 3.8) is 0 Å². The summed E-state index contributed by atoms with van der Waals surface area (Å²) in [7, 11) is 1.38. The highest BCUT2D eigenvalue weighted by Gasteiger charge is 2.26. The van der Waals surface area contributed by atoms with Crippen molar-refractivity contribution in [2.45, 2.75) is 70.7 Å². The van der Waals surface area contributed by atoms with Gasteiger partial charge < -0.3 is 19.4 Å². The molecule has 0 fully saturated rings. The van der Waals surface area contributed by atoms with Crippen molar-refractivity contribution in [1.82, 2.24) is 14.8 Å². The Hall–Kier alpha value is -2.85. The van der Waals surface area contributed by atoms with Crippen LogP contribution in [0.4, 0.5) is 5.00 Å². The fraction of sp³-hybridized carbons (Fsp3) is 0.462. The fourth-order valence-electron chi connectivity index (χ4n) is 4.32. The summed E-state index contributed by atoms with van der Waals surface area (Å²) in [5.74, 6) is 1.03. The highest BCUT2D eigenvalue weighted by molar-refractivity contribution is 7.99. The molecule has 0 radical (unpaired) electrons. The van der Waals surface area contributed by atoms with Crippen LogP contribution in [0.5, 0.6) is 5.75 Å². The molecule has 4 rings (SSSR count). The predicted octanol–water partition coefficient (Wildman–Crippen LogP) is 5.59. The lowest BCUT2D eigenvalue weighted by Crippen LogP contribution is -2.17. The SMILES string of the molecule is CCn1c(SCC(=O)Nc2sc3c(c2C(=O)OC)CCCCC3)nnc1C(C)Oc1ccc(C)cc1. The topological polar surface area (TPSA) is 95.3 Å². The normalized spacial score (nSPS) is 14.0. The number of hydrogen-bond acceptors (Lipinski definition) is 8. The summed E-state index contributed by atoms with van der Waals surface area (Å²) < 4.78 is 13.1. The summed E-state index contributed by atoms with van der Waals surface area (Å²) in [6.45, 7) is 6.63. The minimum absolute atomic E-state index is 0.147. The Kier molecular flexibility index (Phi) is 8.68. The maximum atomic E-state index is 12.9. The van der Waals surface area contributed by atoms with E-state index in [1.54, 1.807) is 0 Å². The van der Waals surface area contributed by atoms with E-state index in [1.165, 1.54) is 40.6 Å². The number of fused-ring (bicyclic) bond motifs is 1. The first kappa shape index (κ1) is 26.2. The van der Waals surface area contributed by atoms with Gasteiger partial charge in [0.1, 0.15) is 10.8 Å². The van der Waals surface area contributed by atoms with Gasteiger partial charge >= 0.3 is 5.97 Å². The number of esters is 1. The maximum Gasteiger partial charge on any atom is 0.341 e. The Balaban J connectivity index is 1.43. The molecule has 1 amide bonds. The first-order valence-corrected chi connectivity index (χ1v) is 14.0. The zero-order valence-corrected chi connectivity index (χ0v) is 22.8. The molecule has 1 aliphatic carbocycles. The molecule has 2 heterocycles. The van der Waals surface area contributed by atoms with Crippen molar-refractivity contribution in [3.8, 4) is 5.75 Å². The van der Waals surface area contributed by atoms with Crippen LogP contribution in [0, 0.1) is 6.92 Å². The molecule has 0 aliphatic heterocycles. The van der Waals surface area contributed by atoms with Gasteiger partial charge in [0, 0.05) is 11.4 Å². The van der Waals surface area contributed by atoms with E-state index in [0.29, 0.717) is 28.1 Å². The molecular formula is C26H32N4O4S2. The van der Waals surface area contributed by atoms with E-state index in [-0.39, 0.29) is 17.8 Å². The number of nitrogens with one attached hydrogen (secondary N) is 1. The molecule has 2 aromatic heterocycles. The first-order valence-electron chi connectivity index (χ1n) is 12.2. The van der Waals surface area contributed by atoms with Crippen molar-refractivity contribution < 1.29 is 19.1 Å². The van der Waals surface area contributed by atoms with E-state index >= 15 is 0 Å². The molecule has 1 aliphatic rings. The summed E-state index contributed by atoms with van der Waals surface area (Å²) in [6, 6.07) is 7.88. The molecule has 10 heteroatoms. The average molecular weight is 529 g/mol. The summed E-state index contributed by atoms with van der Waals surface area (Å²) in [5.41, 5.74) is 2.71. The standard InChI is InChI=1S/C26H32N4O4S2/c1-5-30-23(17(3)34-18-13-11-16(2)12-14-18)28-29-26(30)35-15-21(31)27-24-22(25(32)33-4)19-9-7-6-8-10-20(19)36-24/h11-14,17H,5-10,15H2,1-4H3,(H,27,31). The van der Waals surface area contributed by atoms with E-state index in [0.717, 1.165) is 43.4 Å². The molecule has 0 saturated carbocycles. The molecule has 36 heavy (non-hydrogen) atoms. The van der Waals surface area contributed by atoms with Gasteiger partial charge in [0.05, 0.1) is 18.4 Å². The Labute approximate surface area is 219 Å². The Bertz CT molecular complexity index is 1220. The zero-order valence-electron chi connectivity index (χ0n) is 21.1. The number of hydrogen-bond donors (Lipinski definition) is 1. The van der Waals surface area contributed by atoms with Gasteiger partial charge in [0.25, 0.3) is 0 Å². The quantitative estimate of drug-likeness (QED) is 0.220. The molecule has 8 nitrogen and oxygen atoms in total. The molecule has 1 aromatic carbocycles.